The molecule has 1 unspecified atom stereocenters. The van der Waals surface area contributed by atoms with Gasteiger partial charge >= 0.3 is 5.97 Å². The monoisotopic (exact) mass is 471 g/mol. The number of nitrogens with one attached hydrogen (secondary N) is 1. The number of carbonyl (C=O) groups excluding carboxylic acids is 3. The van der Waals surface area contributed by atoms with Crippen molar-refractivity contribution in [2.24, 2.45) is 5.73 Å². The largest absolute Gasteiger partial charge is 0.462 e. The summed E-state index contributed by atoms with van der Waals surface area (Å²) in [7, 11) is 0. The van der Waals surface area contributed by atoms with Gasteiger partial charge in [-0.15, -0.1) is 0 Å². The van der Waals surface area contributed by atoms with E-state index in [-0.39, 0.29) is 23.8 Å². The number of nitrogens with zero attached hydrogens (tertiary/aromatic N) is 1. The van der Waals surface area contributed by atoms with Gasteiger partial charge < -0.3 is 15.8 Å². The van der Waals surface area contributed by atoms with Crippen molar-refractivity contribution in [3.05, 3.63) is 81.3 Å². The molecule has 2 aliphatic heterocycles. The molecule has 0 aromatic heterocycles. The van der Waals surface area contributed by atoms with E-state index in [0.717, 1.165) is 22.4 Å². The molecule has 1 atom stereocenters. The average molecular weight is 472 g/mol. The lowest BCUT2D eigenvalue weighted by molar-refractivity contribution is -0.140. The van der Waals surface area contributed by atoms with E-state index in [0.29, 0.717) is 41.8 Å². The molecule has 0 radical (unpaired) electrons. The predicted molar refractivity (Wildman–Crippen MR) is 134 cm³/mol. The Balaban J connectivity index is 1.93. The van der Waals surface area contributed by atoms with Crippen molar-refractivity contribution in [2.75, 3.05) is 16.8 Å². The number of ketones is 1. The summed E-state index contributed by atoms with van der Waals surface area (Å²) in [6.07, 6.45) is 1.49. The molecule has 35 heavy (non-hydrogen) atoms. The Morgan fingerprint density at radius 2 is 1.80 bits per heavy atom. The van der Waals surface area contributed by atoms with Crippen molar-refractivity contribution in [2.45, 2.75) is 52.4 Å². The lowest BCUT2D eigenvalue weighted by Gasteiger charge is -2.45. The average Bonchev–Trinajstić information content (AvgIpc) is 3.08. The van der Waals surface area contributed by atoms with Crippen molar-refractivity contribution in [1.82, 2.24) is 0 Å². The quantitative estimate of drug-likeness (QED) is 0.655. The van der Waals surface area contributed by atoms with E-state index < -0.39 is 17.3 Å². The summed E-state index contributed by atoms with van der Waals surface area (Å²) in [5.74, 6) is -1.18. The molecular weight excluding hydrogens is 442 g/mol. The molecule has 1 spiro atoms. The molecule has 0 saturated heterocycles. The van der Waals surface area contributed by atoms with Gasteiger partial charge in [0.2, 0.25) is 5.91 Å². The van der Waals surface area contributed by atoms with Gasteiger partial charge in [0, 0.05) is 28.9 Å². The van der Waals surface area contributed by atoms with Crippen LogP contribution in [0.2, 0.25) is 0 Å². The first-order valence-electron chi connectivity index (χ1n) is 12.0. The summed E-state index contributed by atoms with van der Waals surface area (Å²) in [6, 6.07) is 11.5. The van der Waals surface area contributed by atoms with E-state index in [9.17, 15) is 14.4 Å². The van der Waals surface area contributed by atoms with Crippen LogP contribution in [0.25, 0.3) is 0 Å². The molecule has 5 rings (SSSR count). The number of aryl methyl sites for hydroxylation is 3. The summed E-state index contributed by atoms with van der Waals surface area (Å²) in [6.45, 7) is 7.66. The zero-order valence-electron chi connectivity index (χ0n) is 20.5. The van der Waals surface area contributed by atoms with Crippen LogP contribution in [0.1, 0.15) is 48.4 Å². The van der Waals surface area contributed by atoms with Crippen LogP contribution in [0.3, 0.4) is 0 Å². The van der Waals surface area contributed by atoms with Crippen LogP contribution in [0, 0.1) is 20.8 Å². The number of rotatable bonds is 3. The number of amides is 1. The lowest BCUT2D eigenvalue weighted by Crippen LogP contribution is -2.53. The second kappa shape index (κ2) is 8.12. The van der Waals surface area contributed by atoms with E-state index in [2.05, 4.69) is 5.32 Å². The van der Waals surface area contributed by atoms with Crippen LogP contribution in [0.4, 0.5) is 11.4 Å². The second-order valence-corrected chi connectivity index (χ2v) is 9.46. The van der Waals surface area contributed by atoms with Crippen molar-refractivity contribution >= 4 is 29.0 Å². The number of benzene rings is 2. The van der Waals surface area contributed by atoms with E-state index in [1.165, 1.54) is 0 Å². The first kappa shape index (κ1) is 22.9. The van der Waals surface area contributed by atoms with E-state index in [1.54, 1.807) is 17.9 Å². The Morgan fingerprint density at radius 1 is 1.09 bits per heavy atom. The van der Waals surface area contributed by atoms with Gasteiger partial charge in [0.05, 0.1) is 12.3 Å². The fourth-order valence-corrected chi connectivity index (χ4v) is 5.66. The maximum absolute atomic E-state index is 13.9. The Bertz CT molecular complexity index is 1370. The summed E-state index contributed by atoms with van der Waals surface area (Å²) in [4.78, 5) is 43.1. The van der Waals surface area contributed by atoms with Crippen molar-refractivity contribution in [3.8, 4) is 0 Å². The van der Waals surface area contributed by atoms with Crippen LogP contribution in [-0.2, 0) is 24.5 Å². The van der Waals surface area contributed by atoms with Gasteiger partial charge in [-0.1, -0.05) is 29.8 Å². The summed E-state index contributed by atoms with van der Waals surface area (Å²) < 4.78 is 5.47. The van der Waals surface area contributed by atoms with Crippen molar-refractivity contribution in [3.63, 3.8) is 0 Å². The van der Waals surface area contributed by atoms with Crippen LogP contribution >= 0.6 is 0 Å². The van der Waals surface area contributed by atoms with E-state index in [1.807, 2.05) is 51.1 Å². The SMILES string of the molecule is CCOC(=O)C1=C(N)N(c2cc(C)ccc2C)C2=C(C(=O)CCC2)C12C(=O)Nc1ccc(C)cc12. The number of hydrogen-bond acceptors (Lipinski definition) is 6. The standard InChI is InChI=1S/C28H29N3O4/c1-5-35-26(33)24-25(29)31(21-14-16(3)9-11-17(21)4)20-7-6-8-22(32)23(20)28(24)18-13-15(2)10-12-19(18)30-27(28)34/h9-14H,5-8,29H2,1-4H3,(H,30,34). The van der Waals surface area contributed by atoms with E-state index >= 15 is 0 Å². The molecule has 3 aliphatic rings. The Hall–Kier alpha value is -3.87. The van der Waals surface area contributed by atoms with E-state index in [4.69, 9.17) is 10.5 Å². The molecule has 0 fully saturated rings. The highest BCUT2D eigenvalue weighted by molar-refractivity contribution is 6.23. The molecule has 2 aromatic carbocycles. The van der Waals surface area contributed by atoms with Gasteiger partial charge in [-0.05, 0) is 63.8 Å². The molecule has 180 valence electrons. The van der Waals surface area contributed by atoms with Gasteiger partial charge in [-0.3, -0.25) is 14.5 Å². The number of ether oxygens (including phenoxy) is 1. The number of hydrogen-bond donors (Lipinski definition) is 2. The number of allylic oxidation sites excluding steroid dienone is 1. The minimum absolute atomic E-state index is 0.00361. The zero-order chi connectivity index (χ0) is 25.1. The molecular formula is C28H29N3O4. The van der Waals surface area contributed by atoms with Crippen molar-refractivity contribution < 1.29 is 19.1 Å². The van der Waals surface area contributed by atoms with Crippen LogP contribution in [-0.4, -0.2) is 24.3 Å². The smallest absolute Gasteiger partial charge is 0.339 e. The van der Waals surface area contributed by atoms with Gasteiger partial charge in [-0.25, -0.2) is 4.79 Å². The molecule has 2 aromatic rings. The van der Waals surface area contributed by atoms with Gasteiger partial charge in [0.1, 0.15) is 16.8 Å². The topological polar surface area (TPSA) is 102 Å². The number of carbonyl (C=O) groups is 3. The molecule has 0 saturated carbocycles. The van der Waals surface area contributed by atoms with Crippen LogP contribution in [0.15, 0.2) is 59.1 Å². The molecule has 7 heteroatoms. The highest BCUT2D eigenvalue weighted by Crippen LogP contribution is 2.56. The van der Waals surface area contributed by atoms with Crippen molar-refractivity contribution in [1.29, 1.82) is 0 Å². The molecule has 0 bridgehead atoms. The molecule has 7 nitrogen and oxygen atoms in total. The minimum atomic E-state index is -1.65. The fourth-order valence-electron chi connectivity index (χ4n) is 5.66. The third-order valence-electron chi connectivity index (χ3n) is 7.15. The first-order valence-corrected chi connectivity index (χ1v) is 12.0. The number of anilines is 2. The third-order valence-corrected chi connectivity index (χ3v) is 7.15. The maximum Gasteiger partial charge on any atom is 0.339 e. The fraction of sp³-hybridized carbons (Fsp3) is 0.321. The third kappa shape index (κ3) is 3.14. The highest BCUT2D eigenvalue weighted by Gasteiger charge is 2.62. The molecule has 2 heterocycles. The second-order valence-electron chi connectivity index (χ2n) is 9.46. The predicted octanol–water partition coefficient (Wildman–Crippen LogP) is 4.06. The van der Waals surface area contributed by atoms with Crippen LogP contribution in [0.5, 0.6) is 0 Å². The number of esters is 1. The maximum atomic E-state index is 13.9. The number of Topliss-reactive ketones (excluding diaryl/α,β-unsaturated/α-hetero) is 1. The lowest BCUT2D eigenvalue weighted by atomic mass is 9.63. The van der Waals surface area contributed by atoms with Crippen LogP contribution < -0.4 is 16.0 Å². The molecule has 3 N–H and O–H groups in total. The molecule has 1 aliphatic carbocycles. The van der Waals surface area contributed by atoms with Gasteiger partial charge in [0.15, 0.2) is 5.78 Å². The van der Waals surface area contributed by atoms with Gasteiger partial charge in [0.25, 0.3) is 0 Å². The Labute approximate surface area is 204 Å². The summed E-state index contributed by atoms with van der Waals surface area (Å²) in [5.41, 5.74) is 11.0. The highest BCUT2D eigenvalue weighted by atomic mass is 16.5. The molecule has 1 amide bonds. The summed E-state index contributed by atoms with van der Waals surface area (Å²) >= 11 is 0. The summed E-state index contributed by atoms with van der Waals surface area (Å²) in [5, 5.41) is 2.92. The number of fused-ring (bicyclic) bond motifs is 3. The Kier molecular flexibility index (Phi) is 5.31. The normalized spacial score (nSPS) is 21.3. The van der Waals surface area contributed by atoms with Gasteiger partial charge in [-0.2, -0.15) is 0 Å². The number of nitrogens with two attached hydrogens (primary N) is 1. The zero-order valence-corrected chi connectivity index (χ0v) is 20.5. The Morgan fingerprint density at radius 3 is 2.54 bits per heavy atom. The first-order chi connectivity index (χ1) is 16.7. The minimum Gasteiger partial charge on any atom is -0.462 e.